The summed E-state index contributed by atoms with van der Waals surface area (Å²) >= 11 is 0. The van der Waals surface area contributed by atoms with Gasteiger partial charge in [0.2, 0.25) is 11.8 Å². The Bertz CT molecular complexity index is 1210. The zero-order chi connectivity index (χ0) is 25.4. The molecule has 3 aliphatic rings. The number of amides is 3. The van der Waals surface area contributed by atoms with Crippen LogP contribution in [0.3, 0.4) is 0 Å². The molecule has 2 saturated heterocycles. The lowest BCUT2D eigenvalue weighted by Gasteiger charge is -2.53. The number of morpholine rings is 1. The number of ether oxygens (including phenoxy) is 1. The molecule has 3 N–H and O–H groups in total. The van der Waals surface area contributed by atoms with E-state index in [-0.39, 0.29) is 36.6 Å². The van der Waals surface area contributed by atoms with E-state index in [9.17, 15) is 28.0 Å². The van der Waals surface area contributed by atoms with E-state index in [0.717, 1.165) is 6.42 Å². The Morgan fingerprint density at radius 1 is 1.28 bits per heavy atom. The summed E-state index contributed by atoms with van der Waals surface area (Å²) in [5.74, 6) is -3.17. The smallest absolute Gasteiger partial charge is 0.271 e. The number of ketones is 1. The summed E-state index contributed by atoms with van der Waals surface area (Å²) in [7, 11) is 0. The quantitative estimate of drug-likeness (QED) is 0.532. The van der Waals surface area contributed by atoms with Crippen molar-refractivity contribution in [3.8, 4) is 0 Å². The van der Waals surface area contributed by atoms with Crippen LogP contribution in [0.2, 0.25) is 0 Å². The molecule has 36 heavy (non-hydrogen) atoms. The second kappa shape index (κ2) is 9.61. The topological polar surface area (TPSA) is 121 Å². The minimum absolute atomic E-state index is 0.0177. The van der Waals surface area contributed by atoms with Crippen molar-refractivity contribution in [3.63, 3.8) is 0 Å². The second-order valence-corrected chi connectivity index (χ2v) is 9.73. The lowest BCUT2D eigenvalue weighted by molar-refractivity contribution is -0.184. The van der Waals surface area contributed by atoms with E-state index in [0.29, 0.717) is 31.3 Å². The van der Waals surface area contributed by atoms with Gasteiger partial charge >= 0.3 is 0 Å². The zero-order valence-corrected chi connectivity index (χ0v) is 19.6. The Balaban J connectivity index is 1.42. The maximum atomic E-state index is 14.2. The predicted octanol–water partition coefficient (Wildman–Crippen LogP) is 1.62. The normalized spacial score (nSPS) is 23.8. The fraction of sp³-hybridized carbons (Fsp3) is 0.520. The third kappa shape index (κ3) is 4.25. The summed E-state index contributed by atoms with van der Waals surface area (Å²) in [6.07, 6.45) is 2.36. The van der Waals surface area contributed by atoms with Crippen molar-refractivity contribution in [1.29, 1.82) is 0 Å². The molecule has 1 spiro atoms. The third-order valence-corrected chi connectivity index (χ3v) is 7.60. The number of halogens is 2. The molecule has 0 unspecified atom stereocenters. The van der Waals surface area contributed by atoms with Crippen molar-refractivity contribution < 1.29 is 32.7 Å². The van der Waals surface area contributed by atoms with Gasteiger partial charge in [0.25, 0.3) is 5.91 Å². The van der Waals surface area contributed by atoms with Crippen LogP contribution in [0, 0.1) is 11.7 Å². The minimum atomic E-state index is -1.28. The van der Waals surface area contributed by atoms with Crippen LogP contribution in [0.25, 0.3) is 10.9 Å². The summed E-state index contributed by atoms with van der Waals surface area (Å²) in [5, 5.41) is 5.56. The summed E-state index contributed by atoms with van der Waals surface area (Å²) in [6, 6.07) is 3.64. The molecule has 0 radical (unpaired) electrons. The Morgan fingerprint density at radius 2 is 2.08 bits per heavy atom. The number of benzene rings is 1. The van der Waals surface area contributed by atoms with E-state index in [1.165, 1.54) is 23.1 Å². The van der Waals surface area contributed by atoms with Crippen LogP contribution < -0.4 is 10.6 Å². The molecule has 3 heterocycles. The zero-order valence-electron chi connectivity index (χ0n) is 19.6. The average Bonchev–Trinajstić information content (AvgIpc) is 3.48. The molecular weight excluding hydrogens is 474 g/mol. The van der Waals surface area contributed by atoms with Crippen LogP contribution in [-0.4, -0.2) is 77.4 Å². The lowest BCUT2D eigenvalue weighted by atomic mass is 9.72. The van der Waals surface area contributed by atoms with Gasteiger partial charge in [0.05, 0.1) is 18.2 Å². The van der Waals surface area contributed by atoms with Gasteiger partial charge in [-0.15, -0.1) is 0 Å². The Kier molecular flexibility index (Phi) is 6.50. The fourth-order valence-corrected chi connectivity index (χ4v) is 5.54. The molecule has 2 aromatic rings. The molecule has 1 aromatic carbocycles. The van der Waals surface area contributed by atoms with Gasteiger partial charge in [0.15, 0.2) is 5.78 Å². The van der Waals surface area contributed by atoms with E-state index in [1.54, 1.807) is 6.07 Å². The first-order chi connectivity index (χ1) is 17.3. The lowest BCUT2D eigenvalue weighted by Crippen LogP contribution is -2.69. The fourth-order valence-electron chi connectivity index (χ4n) is 5.54. The highest BCUT2D eigenvalue weighted by atomic mass is 19.1. The van der Waals surface area contributed by atoms with Crippen LogP contribution in [-0.2, 0) is 19.1 Å². The Labute approximate surface area is 205 Å². The van der Waals surface area contributed by atoms with Gasteiger partial charge in [0.1, 0.15) is 24.2 Å². The SMILES string of the molecule is O=C1NCC[C@@H]1C[C@H](NC(=O)[C@@H]1N(C(=O)c2cc3c(F)cccc3[nH]2)CCOC12CCC2)C(=O)CF. The van der Waals surface area contributed by atoms with Crippen molar-refractivity contribution >= 4 is 34.4 Å². The van der Waals surface area contributed by atoms with Gasteiger partial charge in [-0.25, -0.2) is 8.78 Å². The molecule has 192 valence electrons. The number of carbonyl (C=O) groups is 4. The molecule has 3 fully saturated rings. The summed E-state index contributed by atoms with van der Waals surface area (Å²) in [5.41, 5.74) is -0.332. The average molecular weight is 503 g/mol. The van der Waals surface area contributed by atoms with Crippen molar-refractivity contribution in [2.75, 3.05) is 26.4 Å². The summed E-state index contributed by atoms with van der Waals surface area (Å²) in [6.45, 7) is -0.488. The maximum absolute atomic E-state index is 14.2. The molecule has 11 heteroatoms. The van der Waals surface area contributed by atoms with E-state index < -0.39 is 53.7 Å². The third-order valence-electron chi connectivity index (χ3n) is 7.60. The van der Waals surface area contributed by atoms with Crippen molar-refractivity contribution in [3.05, 3.63) is 35.8 Å². The van der Waals surface area contributed by atoms with Crippen molar-refractivity contribution in [2.45, 2.75) is 49.8 Å². The maximum Gasteiger partial charge on any atom is 0.271 e. The first-order valence-electron chi connectivity index (χ1n) is 12.2. The summed E-state index contributed by atoms with van der Waals surface area (Å²) < 4.78 is 33.6. The number of carbonyl (C=O) groups excluding carboxylic acids is 4. The monoisotopic (exact) mass is 502 g/mol. The number of nitrogens with one attached hydrogen (secondary N) is 3. The molecule has 1 saturated carbocycles. The van der Waals surface area contributed by atoms with Crippen LogP contribution in [0.5, 0.6) is 0 Å². The van der Waals surface area contributed by atoms with Crippen molar-refractivity contribution in [1.82, 2.24) is 20.5 Å². The molecular formula is C25H28F2N4O5. The predicted molar refractivity (Wildman–Crippen MR) is 124 cm³/mol. The van der Waals surface area contributed by atoms with Crippen molar-refractivity contribution in [2.24, 2.45) is 5.92 Å². The van der Waals surface area contributed by atoms with Gasteiger partial charge in [-0.3, -0.25) is 19.2 Å². The van der Waals surface area contributed by atoms with Crippen LogP contribution in [0.15, 0.2) is 24.3 Å². The number of rotatable bonds is 7. The van der Waals surface area contributed by atoms with Crippen LogP contribution in [0.4, 0.5) is 8.78 Å². The standard InChI is InChI=1S/C25H28F2N4O5/c26-13-20(32)18(11-14-5-8-28-22(14)33)30-23(34)21-25(6-2-7-25)36-10-9-31(21)24(35)19-12-15-16(27)3-1-4-17(15)29-19/h1,3-4,12,14,18,21,29H,2,5-11,13H2,(H,28,33)(H,30,34)/t14-,18+,21+/m1/s1. The van der Waals surface area contributed by atoms with Gasteiger partial charge in [0, 0.05) is 29.9 Å². The largest absolute Gasteiger partial charge is 0.370 e. The molecule has 1 aromatic heterocycles. The number of alkyl halides is 1. The molecule has 1 aliphatic carbocycles. The minimum Gasteiger partial charge on any atom is -0.370 e. The highest BCUT2D eigenvalue weighted by Crippen LogP contribution is 2.43. The van der Waals surface area contributed by atoms with Gasteiger partial charge < -0.3 is 25.3 Å². The summed E-state index contributed by atoms with van der Waals surface area (Å²) in [4.78, 5) is 55.9. The van der Waals surface area contributed by atoms with E-state index >= 15 is 0 Å². The van der Waals surface area contributed by atoms with Gasteiger partial charge in [-0.1, -0.05) is 6.07 Å². The first kappa shape index (κ1) is 24.4. The molecule has 5 rings (SSSR count). The molecule has 3 atom stereocenters. The number of aromatic nitrogens is 1. The van der Waals surface area contributed by atoms with E-state index in [4.69, 9.17) is 4.74 Å². The molecule has 0 bridgehead atoms. The second-order valence-electron chi connectivity index (χ2n) is 9.73. The van der Waals surface area contributed by atoms with Gasteiger partial charge in [-0.05, 0) is 50.3 Å². The number of hydrogen-bond acceptors (Lipinski definition) is 5. The highest BCUT2D eigenvalue weighted by molar-refractivity contribution is 6.01. The molecule has 3 amide bonds. The van der Waals surface area contributed by atoms with E-state index in [2.05, 4.69) is 15.6 Å². The number of H-pyrrole nitrogens is 1. The first-order valence-corrected chi connectivity index (χ1v) is 12.2. The van der Waals surface area contributed by atoms with Gasteiger partial charge in [-0.2, -0.15) is 0 Å². The Hall–Kier alpha value is -3.34. The van der Waals surface area contributed by atoms with E-state index in [1.807, 2.05) is 0 Å². The number of nitrogens with zero attached hydrogens (tertiary/aromatic N) is 1. The molecule has 2 aliphatic heterocycles. The number of hydrogen-bond donors (Lipinski definition) is 3. The number of Topliss-reactive ketones (excluding diaryl/α,β-unsaturated/α-hetero) is 1. The Morgan fingerprint density at radius 3 is 2.72 bits per heavy atom. The number of aromatic amines is 1. The van der Waals surface area contributed by atoms with Crippen LogP contribution in [0.1, 0.15) is 42.6 Å². The molecule has 9 nitrogen and oxygen atoms in total. The van der Waals surface area contributed by atoms with Crippen LogP contribution >= 0.6 is 0 Å². The highest BCUT2D eigenvalue weighted by Gasteiger charge is 2.55. The number of fused-ring (bicyclic) bond motifs is 1.